The summed E-state index contributed by atoms with van der Waals surface area (Å²) in [5.74, 6) is 2.22. The fourth-order valence-electron chi connectivity index (χ4n) is 2.41. The summed E-state index contributed by atoms with van der Waals surface area (Å²) < 4.78 is 7.10. The van der Waals surface area contributed by atoms with Gasteiger partial charge in [-0.3, -0.25) is 14.3 Å². The van der Waals surface area contributed by atoms with E-state index in [1.54, 1.807) is 18.9 Å². The highest BCUT2D eigenvalue weighted by molar-refractivity contribution is 7.99. The molecular weight excluding hydrogens is 342 g/mol. The van der Waals surface area contributed by atoms with Crippen LogP contribution in [0.2, 0.25) is 0 Å². The highest BCUT2D eigenvalue weighted by Gasteiger charge is 2.15. The summed E-state index contributed by atoms with van der Waals surface area (Å²) >= 11 is 1.56. The smallest absolute Gasteiger partial charge is 0.325 e. The first-order valence-corrected chi connectivity index (χ1v) is 8.63. The second-order valence-corrected chi connectivity index (χ2v) is 6.39. The molecule has 3 aromatic rings. The number of rotatable bonds is 6. The van der Waals surface area contributed by atoms with Gasteiger partial charge in [0.05, 0.1) is 7.11 Å². The van der Waals surface area contributed by atoms with E-state index in [2.05, 4.69) is 20.2 Å². The van der Waals surface area contributed by atoms with Crippen LogP contribution in [0.15, 0.2) is 45.1 Å². The predicted octanol–water partition coefficient (Wildman–Crippen LogP) is 1.36. The van der Waals surface area contributed by atoms with Gasteiger partial charge in [-0.25, -0.2) is 4.79 Å². The first kappa shape index (κ1) is 17.0. The van der Waals surface area contributed by atoms with Crippen LogP contribution in [-0.4, -0.2) is 37.6 Å². The van der Waals surface area contributed by atoms with Gasteiger partial charge in [-0.1, -0.05) is 18.7 Å². The molecule has 9 heteroatoms. The summed E-state index contributed by atoms with van der Waals surface area (Å²) in [6.45, 7) is 2.03. The Balaban J connectivity index is 2.04. The Morgan fingerprint density at radius 2 is 1.92 bits per heavy atom. The van der Waals surface area contributed by atoms with Crippen LogP contribution in [-0.2, 0) is 6.42 Å². The molecule has 2 N–H and O–H groups in total. The van der Waals surface area contributed by atoms with Crippen molar-refractivity contribution in [2.75, 3.05) is 12.9 Å². The molecule has 0 aliphatic carbocycles. The van der Waals surface area contributed by atoms with E-state index in [4.69, 9.17) is 4.74 Å². The van der Waals surface area contributed by atoms with Gasteiger partial charge in [-0.2, -0.15) is 0 Å². The van der Waals surface area contributed by atoms with E-state index in [1.165, 1.54) is 6.07 Å². The Morgan fingerprint density at radius 3 is 2.56 bits per heavy atom. The zero-order chi connectivity index (χ0) is 17.8. The number of benzene rings is 1. The lowest BCUT2D eigenvalue weighted by atomic mass is 10.2. The maximum Gasteiger partial charge on any atom is 0.325 e. The molecule has 0 saturated carbocycles. The number of hydrogen-bond acceptors (Lipinski definition) is 6. The van der Waals surface area contributed by atoms with E-state index >= 15 is 0 Å². The molecule has 0 radical (unpaired) electrons. The molecule has 130 valence electrons. The van der Waals surface area contributed by atoms with Crippen LogP contribution < -0.4 is 16.0 Å². The summed E-state index contributed by atoms with van der Waals surface area (Å²) in [4.78, 5) is 27.7. The van der Waals surface area contributed by atoms with E-state index in [-0.39, 0.29) is 6.42 Å². The number of thioether (sulfide) groups is 1. The molecule has 2 heterocycles. The molecule has 0 unspecified atom stereocenters. The minimum absolute atomic E-state index is 0.280. The van der Waals surface area contributed by atoms with Crippen LogP contribution in [0.5, 0.6) is 5.75 Å². The highest BCUT2D eigenvalue weighted by atomic mass is 32.2. The molecule has 0 fully saturated rings. The monoisotopic (exact) mass is 359 g/mol. The molecule has 1 aromatic carbocycles. The molecule has 3 rings (SSSR count). The van der Waals surface area contributed by atoms with Gasteiger partial charge in [0.1, 0.15) is 11.6 Å². The van der Waals surface area contributed by atoms with Crippen molar-refractivity contribution in [2.24, 2.45) is 0 Å². The maximum atomic E-state index is 11.5. The Hall–Kier alpha value is -2.81. The van der Waals surface area contributed by atoms with Crippen molar-refractivity contribution in [3.05, 3.63) is 62.7 Å². The molecule has 0 aliphatic heterocycles. The number of methoxy groups -OCH3 is 1. The summed E-state index contributed by atoms with van der Waals surface area (Å²) in [5, 5.41) is 9.21. The SMILES string of the molecule is CCSc1nnc(Cc2cc(=O)[nH]c(=O)[nH]2)n1-c1ccc(OC)cc1. The number of nitrogens with zero attached hydrogens (tertiary/aromatic N) is 3. The lowest BCUT2D eigenvalue weighted by Crippen LogP contribution is -2.23. The van der Waals surface area contributed by atoms with Crippen LogP contribution >= 0.6 is 11.8 Å². The molecule has 0 amide bonds. The summed E-state index contributed by atoms with van der Waals surface area (Å²) in [6, 6.07) is 8.88. The molecular formula is C16H17N5O3S. The molecule has 25 heavy (non-hydrogen) atoms. The van der Waals surface area contributed by atoms with Gasteiger partial charge in [-0.15, -0.1) is 10.2 Å². The van der Waals surface area contributed by atoms with E-state index in [1.807, 2.05) is 35.8 Å². The van der Waals surface area contributed by atoms with Gasteiger partial charge in [0, 0.05) is 23.9 Å². The summed E-state index contributed by atoms with van der Waals surface area (Å²) in [7, 11) is 1.61. The van der Waals surface area contributed by atoms with Crippen molar-refractivity contribution >= 4 is 11.8 Å². The fraction of sp³-hybridized carbons (Fsp3) is 0.250. The summed E-state index contributed by atoms with van der Waals surface area (Å²) in [5.41, 5.74) is 0.367. The standard InChI is InChI=1S/C16H17N5O3S/c1-3-25-16-20-19-13(8-10-9-14(22)18-15(23)17-10)21(16)11-4-6-12(24-2)7-5-11/h4-7,9H,3,8H2,1-2H3,(H2,17,18,22,23). The van der Waals surface area contributed by atoms with Crippen molar-refractivity contribution in [3.63, 3.8) is 0 Å². The van der Waals surface area contributed by atoms with E-state index in [0.717, 1.165) is 22.3 Å². The minimum atomic E-state index is -0.541. The van der Waals surface area contributed by atoms with E-state index < -0.39 is 11.2 Å². The molecule has 0 saturated heterocycles. The number of ether oxygens (including phenoxy) is 1. The van der Waals surface area contributed by atoms with Crippen LogP contribution in [0.25, 0.3) is 5.69 Å². The largest absolute Gasteiger partial charge is 0.497 e. The zero-order valence-electron chi connectivity index (χ0n) is 13.8. The van der Waals surface area contributed by atoms with Gasteiger partial charge in [0.2, 0.25) is 0 Å². The molecule has 0 atom stereocenters. The number of aromatic nitrogens is 5. The second kappa shape index (κ2) is 7.39. The lowest BCUT2D eigenvalue weighted by molar-refractivity contribution is 0.414. The molecule has 0 bridgehead atoms. The Labute approximate surface area is 147 Å². The van der Waals surface area contributed by atoms with Crippen LogP contribution in [0.4, 0.5) is 0 Å². The van der Waals surface area contributed by atoms with Gasteiger partial charge >= 0.3 is 5.69 Å². The minimum Gasteiger partial charge on any atom is -0.497 e. The topological polar surface area (TPSA) is 106 Å². The van der Waals surface area contributed by atoms with Gasteiger partial charge in [-0.05, 0) is 30.0 Å². The van der Waals surface area contributed by atoms with E-state index in [9.17, 15) is 9.59 Å². The highest BCUT2D eigenvalue weighted by Crippen LogP contribution is 2.24. The lowest BCUT2D eigenvalue weighted by Gasteiger charge is -2.10. The average Bonchev–Trinajstić information content (AvgIpc) is 2.97. The number of hydrogen-bond donors (Lipinski definition) is 2. The third-order valence-electron chi connectivity index (χ3n) is 3.47. The summed E-state index contributed by atoms with van der Waals surface area (Å²) in [6.07, 6.45) is 0.280. The Bertz CT molecular complexity index is 946. The van der Waals surface area contributed by atoms with Crippen molar-refractivity contribution in [2.45, 2.75) is 18.5 Å². The number of aromatic amines is 2. The first-order chi connectivity index (χ1) is 12.1. The van der Waals surface area contributed by atoms with Crippen molar-refractivity contribution in [1.82, 2.24) is 24.7 Å². The third kappa shape index (κ3) is 3.82. The van der Waals surface area contributed by atoms with Crippen LogP contribution in [0, 0.1) is 0 Å². The molecule has 2 aromatic heterocycles. The first-order valence-electron chi connectivity index (χ1n) is 7.64. The fourth-order valence-corrected chi connectivity index (χ4v) is 3.11. The number of nitrogens with one attached hydrogen (secondary N) is 2. The van der Waals surface area contributed by atoms with Gasteiger partial charge in [0.25, 0.3) is 5.56 Å². The third-order valence-corrected chi connectivity index (χ3v) is 4.28. The van der Waals surface area contributed by atoms with Crippen LogP contribution in [0.3, 0.4) is 0 Å². The van der Waals surface area contributed by atoms with Crippen molar-refractivity contribution in [1.29, 1.82) is 0 Å². The van der Waals surface area contributed by atoms with Crippen LogP contribution in [0.1, 0.15) is 18.4 Å². The molecule has 0 spiro atoms. The second-order valence-electron chi connectivity index (χ2n) is 5.15. The molecule has 8 nitrogen and oxygen atoms in total. The predicted molar refractivity (Wildman–Crippen MR) is 94.8 cm³/mol. The molecule has 0 aliphatic rings. The van der Waals surface area contributed by atoms with E-state index in [0.29, 0.717) is 11.5 Å². The van der Waals surface area contributed by atoms with Crippen molar-refractivity contribution < 1.29 is 4.74 Å². The van der Waals surface area contributed by atoms with Gasteiger partial charge in [0.15, 0.2) is 5.16 Å². The maximum absolute atomic E-state index is 11.5. The Morgan fingerprint density at radius 1 is 1.16 bits per heavy atom. The normalized spacial score (nSPS) is 10.8. The van der Waals surface area contributed by atoms with Crippen molar-refractivity contribution in [3.8, 4) is 11.4 Å². The quantitative estimate of drug-likeness (QED) is 0.644. The average molecular weight is 359 g/mol. The zero-order valence-corrected chi connectivity index (χ0v) is 14.6. The Kier molecular flexibility index (Phi) is 5.03. The van der Waals surface area contributed by atoms with Gasteiger partial charge < -0.3 is 9.72 Å². The number of H-pyrrole nitrogens is 2.